The van der Waals surface area contributed by atoms with Crippen molar-refractivity contribution in [2.24, 2.45) is 0 Å². The van der Waals surface area contributed by atoms with Crippen LogP contribution in [0.1, 0.15) is 0 Å². The Kier molecular flexibility index (Phi) is 6.14. The van der Waals surface area contributed by atoms with Crippen molar-refractivity contribution in [3.63, 3.8) is 0 Å². The van der Waals surface area contributed by atoms with Crippen LogP contribution in [-0.4, -0.2) is 46.3 Å². The zero-order valence-electron chi connectivity index (χ0n) is 10.2. The van der Waals surface area contributed by atoms with Gasteiger partial charge in [-0.25, -0.2) is 8.42 Å². The van der Waals surface area contributed by atoms with Gasteiger partial charge in [0.2, 0.25) is 0 Å². The van der Waals surface area contributed by atoms with E-state index in [2.05, 4.69) is 0 Å². The molecular formula is C11H17BrClNO2S. The number of sulfone groups is 1. The lowest BCUT2D eigenvalue weighted by Gasteiger charge is -2.23. The molecule has 0 aliphatic carbocycles. The summed E-state index contributed by atoms with van der Waals surface area (Å²) in [7, 11) is 2.72. The Hall–Kier alpha value is -0.100. The Balaban J connectivity index is 0.00000256. The van der Waals surface area contributed by atoms with Crippen LogP contribution in [0.2, 0.25) is 5.02 Å². The smallest absolute Gasteiger partial charge is 0.183 e. The van der Waals surface area contributed by atoms with E-state index in [1.165, 1.54) is 0 Å². The third kappa shape index (κ3) is 5.86. The summed E-state index contributed by atoms with van der Waals surface area (Å²) in [5.74, 6) is 0.151. The standard InChI is InChI=1S/C11H17ClNO2S.BrH/c1-13(2,3)8-9-16(14,15)11-6-4-10(12)5-7-11;/h4-7H,8-9H2,1-3H3;1H/q+1;/p-1. The molecule has 98 valence electrons. The van der Waals surface area contributed by atoms with Gasteiger partial charge in [0, 0.05) is 5.02 Å². The zero-order valence-corrected chi connectivity index (χ0v) is 13.3. The molecule has 0 N–H and O–H groups in total. The summed E-state index contributed by atoms with van der Waals surface area (Å²) in [5, 5.41) is 0.547. The third-order valence-corrected chi connectivity index (χ3v) is 4.17. The lowest BCUT2D eigenvalue weighted by Crippen LogP contribution is -3.00. The molecule has 1 rings (SSSR count). The minimum Gasteiger partial charge on any atom is -1.00 e. The van der Waals surface area contributed by atoms with Crippen LogP contribution in [0.15, 0.2) is 29.2 Å². The molecule has 0 aliphatic heterocycles. The molecule has 1 aromatic carbocycles. The van der Waals surface area contributed by atoms with Crippen molar-refractivity contribution in [3.8, 4) is 0 Å². The predicted octanol–water partition coefficient (Wildman–Crippen LogP) is -1.18. The second-order valence-electron chi connectivity index (χ2n) is 4.79. The van der Waals surface area contributed by atoms with Gasteiger partial charge in [-0.05, 0) is 24.3 Å². The highest BCUT2D eigenvalue weighted by Gasteiger charge is 2.18. The third-order valence-electron chi connectivity index (χ3n) is 2.20. The highest BCUT2D eigenvalue weighted by Crippen LogP contribution is 2.15. The first-order chi connectivity index (χ1) is 7.21. The summed E-state index contributed by atoms with van der Waals surface area (Å²) >= 11 is 5.71. The molecule has 0 heterocycles. The Bertz CT molecular complexity index is 451. The average Bonchev–Trinajstić information content (AvgIpc) is 2.15. The molecule has 17 heavy (non-hydrogen) atoms. The van der Waals surface area contributed by atoms with E-state index in [0.717, 1.165) is 0 Å². The SMILES string of the molecule is C[N+](C)(C)CCS(=O)(=O)c1ccc(Cl)cc1.[Br-]. The largest absolute Gasteiger partial charge is 1.00 e. The van der Waals surface area contributed by atoms with E-state index < -0.39 is 9.84 Å². The number of nitrogens with zero attached hydrogens (tertiary/aromatic N) is 1. The summed E-state index contributed by atoms with van der Waals surface area (Å²) in [4.78, 5) is 0.338. The first kappa shape index (κ1) is 16.9. The molecule has 0 fully saturated rings. The fraction of sp³-hybridized carbons (Fsp3) is 0.455. The summed E-state index contributed by atoms with van der Waals surface area (Å²) in [6.07, 6.45) is 0. The van der Waals surface area contributed by atoms with Gasteiger partial charge in [0.15, 0.2) is 9.84 Å². The lowest BCUT2D eigenvalue weighted by atomic mass is 10.4. The van der Waals surface area contributed by atoms with Gasteiger partial charge in [-0.3, -0.25) is 0 Å². The molecule has 0 radical (unpaired) electrons. The van der Waals surface area contributed by atoms with E-state index in [-0.39, 0.29) is 22.7 Å². The van der Waals surface area contributed by atoms with Crippen molar-refractivity contribution in [2.45, 2.75) is 4.90 Å². The van der Waals surface area contributed by atoms with Crippen LogP contribution in [0, 0.1) is 0 Å². The van der Waals surface area contributed by atoms with E-state index in [1.807, 2.05) is 21.1 Å². The van der Waals surface area contributed by atoms with Crippen LogP contribution in [0.25, 0.3) is 0 Å². The van der Waals surface area contributed by atoms with Crippen LogP contribution >= 0.6 is 11.6 Å². The first-order valence-corrected chi connectivity index (χ1v) is 7.02. The number of quaternary nitrogens is 1. The van der Waals surface area contributed by atoms with Crippen molar-refractivity contribution in [3.05, 3.63) is 29.3 Å². The van der Waals surface area contributed by atoms with Crippen molar-refractivity contribution < 1.29 is 29.9 Å². The summed E-state index contributed by atoms with van der Waals surface area (Å²) in [5.41, 5.74) is 0. The minimum atomic E-state index is -3.18. The normalized spacial score (nSPS) is 12.0. The van der Waals surface area contributed by atoms with Crippen molar-refractivity contribution in [1.29, 1.82) is 0 Å². The first-order valence-electron chi connectivity index (χ1n) is 4.99. The second kappa shape index (κ2) is 6.18. The summed E-state index contributed by atoms with van der Waals surface area (Å²) in [6, 6.07) is 6.29. The molecule has 1 aromatic rings. The minimum absolute atomic E-state index is 0. The zero-order chi connectivity index (χ0) is 12.4. The predicted molar refractivity (Wildman–Crippen MR) is 66.4 cm³/mol. The Morgan fingerprint density at radius 2 is 1.59 bits per heavy atom. The quantitative estimate of drug-likeness (QED) is 0.646. The maximum absolute atomic E-state index is 11.9. The van der Waals surface area contributed by atoms with E-state index in [4.69, 9.17) is 11.6 Å². The van der Waals surface area contributed by atoms with Gasteiger partial charge in [0.05, 0.1) is 32.6 Å². The molecule has 0 unspecified atom stereocenters. The molecule has 0 atom stereocenters. The second-order valence-corrected chi connectivity index (χ2v) is 7.33. The number of halogens is 2. The van der Waals surface area contributed by atoms with Gasteiger partial charge in [0.25, 0.3) is 0 Å². The molecule has 0 saturated carbocycles. The highest BCUT2D eigenvalue weighted by molar-refractivity contribution is 7.91. The van der Waals surface area contributed by atoms with Gasteiger partial charge in [-0.15, -0.1) is 0 Å². The van der Waals surface area contributed by atoms with Gasteiger partial charge in [0.1, 0.15) is 5.75 Å². The average molecular weight is 343 g/mol. The number of hydrogen-bond acceptors (Lipinski definition) is 2. The molecule has 0 aliphatic rings. The fourth-order valence-electron chi connectivity index (χ4n) is 1.15. The monoisotopic (exact) mass is 341 g/mol. The number of hydrogen-bond donors (Lipinski definition) is 0. The number of rotatable bonds is 4. The van der Waals surface area contributed by atoms with Crippen LogP contribution in [0.3, 0.4) is 0 Å². The van der Waals surface area contributed by atoms with Crippen LogP contribution in [-0.2, 0) is 9.84 Å². The van der Waals surface area contributed by atoms with Crippen LogP contribution < -0.4 is 17.0 Å². The van der Waals surface area contributed by atoms with E-state index >= 15 is 0 Å². The van der Waals surface area contributed by atoms with E-state index in [9.17, 15) is 8.42 Å². The molecule has 0 amide bonds. The molecular weight excluding hydrogens is 326 g/mol. The van der Waals surface area contributed by atoms with Gasteiger partial charge in [-0.2, -0.15) is 0 Å². The molecule has 3 nitrogen and oxygen atoms in total. The molecule has 6 heteroatoms. The summed E-state index contributed by atoms with van der Waals surface area (Å²) < 4.78 is 24.5. The van der Waals surface area contributed by atoms with E-state index in [0.29, 0.717) is 20.9 Å². The van der Waals surface area contributed by atoms with Crippen molar-refractivity contribution >= 4 is 21.4 Å². The Morgan fingerprint density at radius 3 is 2.00 bits per heavy atom. The lowest BCUT2D eigenvalue weighted by molar-refractivity contribution is -0.867. The molecule has 0 saturated heterocycles. The fourth-order valence-corrected chi connectivity index (χ4v) is 2.85. The molecule has 0 spiro atoms. The van der Waals surface area contributed by atoms with Crippen LogP contribution in [0.5, 0.6) is 0 Å². The van der Waals surface area contributed by atoms with Crippen molar-refractivity contribution in [2.75, 3.05) is 33.4 Å². The maximum atomic E-state index is 11.9. The topological polar surface area (TPSA) is 34.1 Å². The van der Waals surface area contributed by atoms with Gasteiger partial charge >= 0.3 is 0 Å². The van der Waals surface area contributed by atoms with Gasteiger partial charge < -0.3 is 21.5 Å². The Morgan fingerprint density at radius 1 is 1.12 bits per heavy atom. The maximum Gasteiger partial charge on any atom is 0.183 e. The van der Waals surface area contributed by atoms with Crippen LogP contribution in [0.4, 0.5) is 0 Å². The molecule has 0 bridgehead atoms. The highest BCUT2D eigenvalue weighted by atomic mass is 79.9. The van der Waals surface area contributed by atoms with E-state index in [1.54, 1.807) is 24.3 Å². The summed E-state index contributed by atoms with van der Waals surface area (Å²) in [6.45, 7) is 0.588. The van der Waals surface area contributed by atoms with Crippen molar-refractivity contribution in [1.82, 2.24) is 0 Å². The number of benzene rings is 1. The Labute approximate surface area is 119 Å². The van der Waals surface area contributed by atoms with Gasteiger partial charge in [-0.1, -0.05) is 11.6 Å². The molecule has 0 aromatic heterocycles.